The molecule has 1 unspecified atom stereocenters. The molecule has 0 N–H and O–H groups in total. The maximum atomic E-state index is 2.54. The second kappa shape index (κ2) is 2.63. The Kier molecular flexibility index (Phi) is 2.30. The Morgan fingerprint density at radius 1 is 1.75 bits per heavy atom. The zero-order chi connectivity index (χ0) is 6.15. The van der Waals surface area contributed by atoms with Gasteiger partial charge in [0.2, 0.25) is 0 Å². The van der Waals surface area contributed by atoms with Gasteiger partial charge in [-0.1, -0.05) is 6.92 Å². The normalized spacial score (nSPS) is 35.6. The minimum atomic E-state index is 0.0550. The van der Waals surface area contributed by atoms with Gasteiger partial charge in [0, 0.05) is 0 Å². The predicted molar refractivity (Wildman–Crippen MR) is 46.5 cm³/mol. The third-order valence-corrected chi connectivity index (χ3v) is 6.65. The van der Waals surface area contributed by atoms with Gasteiger partial charge in [0.1, 0.15) is 4.17 Å². The minimum Gasteiger partial charge on any atom is -0.296 e. The second-order valence-corrected chi connectivity index (χ2v) is 5.32. The summed E-state index contributed by atoms with van der Waals surface area (Å²) in [6, 6.07) is 0. The number of alkyl halides is 1. The lowest BCUT2D eigenvalue weighted by atomic mass is 10.7. The summed E-state index contributed by atoms with van der Waals surface area (Å²) in [5.74, 6) is 0. The fraction of sp³-hybridized carbons (Fsp3) is 1.00. The molecule has 2 nitrogen and oxygen atoms in total. The molecular formula is C4H11IN2Si. The molecule has 1 saturated heterocycles. The van der Waals surface area contributed by atoms with Crippen molar-refractivity contribution < 1.29 is 0 Å². The highest BCUT2D eigenvalue weighted by Gasteiger charge is 2.29. The topological polar surface area (TPSA) is 6.48 Å². The van der Waals surface area contributed by atoms with E-state index in [1.54, 1.807) is 0 Å². The highest BCUT2D eigenvalue weighted by atomic mass is 127. The summed E-state index contributed by atoms with van der Waals surface area (Å²) < 4.78 is 5.70. The molecule has 0 amide bonds. The molecule has 1 fully saturated rings. The number of halogens is 1. The zero-order valence-corrected chi connectivity index (χ0v) is 8.84. The average molecular weight is 242 g/mol. The SMILES string of the molecule is CCN1[SiH2]N(C)C1I. The Hall–Kier alpha value is 0.867. The first-order valence-corrected chi connectivity index (χ1v) is 5.35. The van der Waals surface area contributed by atoms with Crippen LogP contribution in [0.4, 0.5) is 0 Å². The fourth-order valence-corrected chi connectivity index (χ4v) is 3.55. The Morgan fingerprint density at radius 2 is 2.38 bits per heavy atom. The summed E-state index contributed by atoms with van der Waals surface area (Å²) in [7, 11) is 2.26. The standard InChI is InChI=1S/C4H11IN2Si/c1-3-7-4(5)6(2)8-7/h4H,3,8H2,1-2H3. The van der Waals surface area contributed by atoms with E-state index in [9.17, 15) is 0 Å². The Labute approximate surface area is 66.3 Å². The Balaban J connectivity index is 2.25. The maximum absolute atomic E-state index is 2.54. The third kappa shape index (κ3) is 1.07. The summed E-state index contributed by atoms with van der Waals surface area (Å²) in [6.07, 6.45) is 0. The lowest BCUT2D eigenvalue weighted by Crippen LogP contribution is -2.61. The molecule has 0 aromatic carbocycles. The average Bonchev–Trinajstić information content (AvgIpc) is 1.81. The van der Waals surface area contributed by atoms with Crippen LogP contribution < -0.4 is 0 Å². The molecule has 1 heterocycles. The van der Waals surface area contributed by atoms with Crippen LogP contribution in [0.5, 0.6) is 0 Å². The van der Waals surface area contributed by atoms with Gasteiger partial charge >= 0.3 is 0 Å². The zero-order valence-electron chi connectivity index (χ0n) is 5.26. The smallest absolute Gasteiger partial charge is 0.176 e. The summed E-state index contributed by atoms with van der Waals surface area (Å²) >= 11 is 2.47. The monoisotopic (exact) mass is 242 g/mol. The highest BCUT2D eigenvalue weighted by Crippen LogP contribution is 2.18. The largest absolute Gasteiger partial charge is 0.296 e. The highest BCUT2D eigenvalue weighted by molar-refractivity contribution is 14.1. The molecular weight excluding hydrogens is 231 g/mol. The van der Waals surface area contributed by atoms with Crippen LogP contribution >= 0.6 is 22.6 Å². The Morgan fingerprint density at radius 3 is 2.50 bits per heavy atom. The summed E-state index contributed by atoms with van der Waals surface area (Å²) in [5.41, 5.74) is 0. The van der Waals surface area contributed by atoms with Crippen molar-refractivity contribution in [3.05, 3.63) is 0 Å². The molecule has 1 atom stereocenters. The van der Waals surface area contributed by atoms with Crippen molar-refractivity contribution in [3.63, 3.8) is 0 Å². The number of nitrogens with zero attached hydrogens (tertiary/aromatic N) is 2. The van der Waals surface area contributed by atoms with E-state index < -0.39 is 0 Å². The van der Waals surface area contributed by atoms with E-state index in [0.717, 1.165) is 0 Å². The van der Waals surface area contributed by atoms with Gasteiger partial charge in [-0.25, -0.2) is 0 Å². The van der Waals surface area contributed by atoms with Gasteiger partial charge in [0.05, 0.1) is 0 Å². The minimum absolute atomic E-state index is 0.0550. The van der Waals surface area contributed by atoms with E-state index in [4.69, 9.17) is 0 Å². The molecule has 0 aliphatic carbocycles. The van der Waals surface area contributed by atoms with Crippen LogP contribution in [0.3, 0.4) is 0 Å². The molecule has 4 heteroatoms. The quantitative estimate of drug-likeness (QED) is 0.276. The van der Waals surface area contributed by atoms with Crippen molar-refractivity contribution in [2.45, 2.75) is 11.1 Å². The molecule has 1 aliphatic heterocycles. The van der Waals surface area contributed by atoms with Gasteiger partial charge < -0.3 is 0 Å². The van der Waals surface area contributed by atoms with Crippen molar-refractivity contribution in [1.82, 2.24) is 9.13 Å². The first-order valence-electron chi connectivity index (χ1n) is 2.84. The molecule has 0 saturated carbocycles. The molecule has 48 valence electrons. The fourth-order valence-electron chi connectivity index (χ4n) is 0.854. The van der Waals surface area contributed by atoms with E-state index in [1.807, 2.05) is 0 Å². The number of hydrogen-bond donors (Lipinski definition) is 0. The predicted octanol–water partition coefficient (Wildman–Crippen LogP) is -0.0289. The molecule has 0 bridgehead atoms. The summed E-state index contributed by atoms with van der Waals surface area (Å²) in [4.78, 5) is 0. The maximum Gasteiger partial charge on any atom is 0.176 e. The molecule has 1 rings (SSSR count). The van der Waals surface area contributed by atoms with Crippen LogP contribution in [0.15, 0.2) is 0 Å². The molecule has 0 spiro atoms. The van der Waals surface area contributed by atoms with Gasteiger partial charge in [-0.05, 0) is 36.2 Å². The van der Waals surface area contributed by atoms with Crippen LogP contribution in [0.25, 0.3) is 0 Å². The Bertz CT molecular complexity index is 90.1. The molecule has 0 aromatic heterocycles. The van der Waals surface area contributed by atoms with E-state index >= 15 is 0 Å². The van der Waals surface area contributed by atoms with Crippen molar-refractivity contribution >= 4 is 32.4 Å². The van der Waals surface area contributed by atoms with Crippen LogP contribution in [0.2, 0.25) is 0 Å². The van der Waals surface area contributed by atoms with Gasteiger partial charge in [-0.2, -0.15) is 0 Å². The number of rotatable bonds is 1. The summed E-state index contributed by atoms with van der Waals surface area (Å²) in [6.45, 7) is 3.47. The van der Waals surface area contributed by atoms with Gasteiger partial charge in [-0.3, -0.25) is 9.13 Å². The van der Waals surface area contributed by atoms with Crippen LogP contribution in [0.1, 0.15) is 6.92 Å². The second-order valence-electron chi connectivity index (χ2n) is 2.11. The van der Waals surface area contributed by atoms with E-state index in [-0.39, 0.29) is 9.84 Å². The molecule has 8 heavy (non-hydrogen) atoms. The van der Waals surface area contributed by atoms with E-state index in [1.165, 1.54) is 6.54 Å². The van der Waals surface area contributed by atoms with Crippen molar-refractivity contribution in [2.24, 2.45) is 0 Å². The lowest BCUT2D eigenvalue weighted by Gasteiger charge is -2.45. The summed E-state index contributed by atoms with van der Waals surface area (Å²) in [5, 5.41) is 0. The molecule has 0 radical (unpaired) electrons. The van der Waals surface area contributed by atoms with Gasteiger partial charge in [0.15, 0.2) is 9.84 Å². The van der Waals surface area contributed by atoms with Gasteiger partial charge in [0.25, 0.3) is 0 Å². The van der Waals surface area contributed by atoms with Crippen LogP contribution in [-0.2, 0) is 0 Å². The first kappa shape index (κ1) is 6.98. The molecule has 0 aromatic rings. The van der Waals surface area contributed by atoms with Crippen LogP contribution in [-0.4, -0.2) is 36.7 Å². The first-order chi connectivity index (χ1) is 3.75. The third-order valence-electron chi connectivity index (χ3n) is 1.48. The van der Waals surface area contributed by atoms with Crippen molar-refractivity contribution in [3.8, 4) is 0 Å². The molecule has 1 aliphatic rings. The van der Waals surface area contributed by atoms with Crippen LogP contribution in [0, 0.1) is 0 Å². The van der Waals surface area contributed by atoms with E-state index in [2.05, 4.69) is 45.7 Å². The number of hydrogen-bond acceptors (Lipinski definition) is 2. The van der Waals surface area contributed by atoms with E-state index in [0.29, 0.717) is 4.17 Å². The van der Waals surface area contributed by atoms with Crippen molar-refractivity contribution in [1.29, 1.82) is 0 Å². The van der Waals surface area contributed by atoms with Crippen molar-refractivity contribution in [2.75, 3.05) is 13.6 Å². The van der Waals surface area contributed by atoms with Gasteiger partial charge in [-0.15, -0.1) is 0 Å². The lowest BCUT2D eigenvalue weighted by molar-refractivity contribution is 0.221.